The highest BCUT2D eigenvalue weighted by Gasteiger charge is 2.32. The molecule has 2 saturated heterocycles. The van der Waals surface area contributed by atoms with Gasteiger partial charge in [-0.3, -0.25) is 0 Å². The fraction of sp³-hybridized carbons (Fsp3) is 0.594. The van der Waals surface area contributed by atoms with Gasteiger partial charge in [0.15, 0.2) is 0 Å². The average molecular weight is 575 g/mol. The molecule has 3 aromatic rings. The van der Waals surface area contributed by atoms with Crippen LogP contribution in [-0.4, -0.2) is 75.8 Å². The summed E-state index contributed by atoms with van der Waals surface area (Å²) in [5.74, 6) is 4.16. The van der Waals surface area contributed by atoms with E-state index in [1.165, 1.54) is 18.4 Å². The fourth-order valence-electron chi connectivity index (χ4n) is 5.77. The Kier molecular flexibility index (Phi) is 8.70. The molecule has 2 fully saturated rings. The van der Waals surface area contributed by atoms with Crippen molar-refractivity contribution in [2.45, 2.75) is 84.8 Å². The first kappa shape index (κ1) is 29.8. The predicted octanol–water partition coefficient (Wildman–Crippen LogP) is 6.36. The summed E-state index contributed by atoms with van der Waals surface area (Å²) in [5.41, 5.74) is 0.684. The number of piperidine rings is 1. The Bertz CT molecular complexity index is 1410. The lowest BCUT2D eigenvalue weighted by Gasteiger charge is -2.43. The summed E-state index contributed by atoms with van der Waals surface area (Å²) in [6.45, 7) is 15.9. The second-order valence-electron chi connectivity index (χ2n) is 13.2. The number of ether oxygens (including phenoxy) is 1. The number of aromatic nitrogens is 4. The maximum atomic E-state index is 12.4. The minimum absolute atomic E-state index is 0.288. The van der Waals surface area contributed by atoms with Crippen LogP contribution in [0, 0.1) is 5.92 Å². The summed E-state index contributed by atoms with van der Waals surface area (Å²) < 4.78 is 5.52. The van der Waals surface area contributed by atoms with E-state index in [0.717, 1.165) is 66.7 Å². The van der Waals surface area contributed by atoms with Crippen LogP contribution in [0.2, 0.25) is 0 Å². The lowest BCUT2D eigenvalue weighted by atomic mass is 9.96. The molecule has 0 aromatic carbocycles. The quantitative estimate of drug-likeness (QED) is 0.329. The molecule has 2 atom stereocenters. The van der Waals surface area contributed by atoms with Crippen molar-refractivity contribution in [3.05, 3.63) is 36.3 Å². The van der Waals surface area contributed by atoms with E-state index in [-0.39, 0.29) is 6.09 Å². The normalized spacial score (nSPS) is 19.1. The maximum Gasteiger partial charge on any atom is 0.410 e. The molecule has 3 aromatic heterocycles. The highest BCUT2D eigenvalue weighted by atomic mass is 16.6. The number of rotatable bonds is 8. The smallest absolute Gasteiger partial charge is 0.410 e. The molecule has 10 nitrogen and oxygen atoms in total. The van der Waals surface area contributed by atoms with E-state index in [0.29, 0.717) is 24.4 Å². The standard InChI is InChI=1S/C32H46N8O2/c1-21(2)25-18-35-29(40-16-12-23(40)11-15-38(7)31(41)42-32(4,5)6)26-19-34-28(17-24(25)26)36-27-10-13-33-30(37-27)39-14-8-9-22(3)20-39/h10,13,17-19,21-23H,8-9,11-12,14-16,20H2,1-7H3,(H,33,34,36,37). The van der Waals surface area contributed by atoms with Crippen LogP contribution in [-0.2, 0) is 4.74 Å². The molecular formula is C32H46N8O2. The van der Waals surface area contributed by atoms with Crippen LogP contribution in [0.4, 0.5) is 28.2 Å². The zero-order valence-electron chi connectivity index (χ0n) is 26.2. The van der Waals surface area contributed by atoms with E-state index in [9.17, 15) is 4.79 Å². The first-order valence-corrected chi connectivity index (χ1v) is 15.3. The highest BCUT2D eigenvalue weighted by molar-refractivity contribution is 5.96. The van der Waals surface area contributed by atoms with Gasteiger partial charge in [0.2, 0.25) is 5.95 Å². The topological polar surface area (TPSA) is 99.6 Å². The fourth-order valence-corrected chi connectivity index (χ4v) is 5.77. The van der Waals surface area contributed by atoms with Crippen molar-refractivity contribution in [1.29, 1.82) is 0 Å². The number of nitrogens with one attached hydrogen (secondary N) is 1. The van der Waals surface area contributed by atoms with Gasteiger partial charge in [-0.15, -0.1) is 0 Å². The molecule has 0 spiro atoms. The maximum absolute atomic E-state index is 12.4. The van der Waals surface area contributed by atoms with Gasteiger partial charge in [-0.2, -0.15) is 4.98 Å². The van der Waals surface area contributed by atoms with Gasteiger partial charge in [0.05, 0.1) is 0 Å². The minimum Gasteiger partial charge on any atom is -0.444 e. The van der Waals surface area contributed by atoms with E-state index in [1.54, 1.807) is 11.9 Å². The summed E-state index contributed by atoms with van der Waals surface area (Å²) in [6.07, 6.45) is 9.81. The van der Waals surface area contributed by atoms with Crippen molar-refractivity contribution in [3.63, 3.8) is 0 Å². The van der Waals surface area contributed by atoms with E-state index >= 15 is 0 Å². The lowest BCUT2D eigenvalue weighted by Crippen LogP contribution is -2.50. The molecule has 5 rings (SSSR count). The first-order valence-electron chi connectivity index (χ1n) is 15.3. The Hall–Kier alpha value is -3.69. The summed E-state index contributed by atoms with van der Waals surface area (Å²) in [4.78, 5) is 37.8. The highest BCUT2D eigenvalue weighted by Crippen LogP contribution is 2.36. The third kappa shape index (κ3) is 6.85. The molecule has 1 amide bonds. The summed E-state index contributed by atoms with van der Waals surface area (Å²) in [6, 6.07) is 4.32. The molecule has 5 heterocycles. The summed E-state index contributed by atoms with van der Waals surface area (Å²) in [7, 11) is 1.80. The molecule has 42 heavy (non-hydrogen) atoms. The van der Waals surface area contributed by atoms with Crippen molar-refractivity contribution in [1.82, 2.24) is 24.8 Å². The number of pyridine rings is 2. The molecule has 0 aliphatic carbocycles. The average Bonchev–Trinajstić information content (AvgIpc) is 2.91. The second-order valence-corrected chi connectivity index (χ2v) is 13.2. The molecule has 2 unspecified atom stereocenters. The number of amides is 1. The van der Waals surface area contributed by atoms with Crippen molar-refractivity contribution in [3.8, 4) is 0 Å². The number of nitrogens with zero attached hydrogens (tertiary/aromatic N) is 7. The Morgan fingerprint density at radius 3 is 2.62 bits per heavy atom. The molecular weight excluding hydrogens is 528 g/mol. The molecule has 2 aliphatic rings. The van der Waals surface area contributed by atoms with Gasteiger partial charge in [0.25, 0.3) is 0 Å². The molecule has 1 N–H and O–H groups in total. The number of carbonyl (C=O) groups is 1. The summed E-state index contributed by atoms with van der Waals surface area (Å²) in [5, 5.41) is 5.61. The Morgan fingerprint density at radius 1 is 1.12 bits per heavy atom. The lowest BCUT2D eigenvalue weighted by molar-refractivity contribution is 0.0292. The third-order valence-electron chi connectivity index (χ3n) is 8.16. The van der Waals surface area contributed by atoms with Gasteiger partial charge in [-0.05, 0) is 81.4 Å². The number of hydrogen-bond donors (Lipinski definition) is 1. The molecule has 0 radical (unpaired) electrons. The Balaban J connectivity index is 1.34. The number of fused-ring (bicyclic) bond motifs is 1. The van der Waals surface area contributed by atoms with Crippen molar-refractivity contribution >= 4 is 40.3 Å². The van der Waals surface area contributed by atoms with Gasteiger partial charge in [-0.25, -0.2) is 19.7 Å². The van der Waals surface area contributed by atoms with Crippen LogP contribution in [0.15, 0.2) is 30.7 Å². The van der Waals surface area contributed by atoms with Crippen LogP contribution in [0.1, 0.15) is 78.7 Å². The van der Waals surface area contributed by atoms with Crippen molar-refractivity contribution in [2.24, 2.45) is 5.92 Å². The molecule has 10 heteroatoms. The van der Waals surface area contributed by atoms with E-state index in [2.05, 4.69) is 46.9 Å². The SMILES string of the molecule is CC1CCCN(c2nccc(Nc3cc4c(C(C)C)cnc(N5CCC5CCN(C)C(=O)OC(C)(C)C)c4cn3)n2)C1. The predicted molar refractivity (Wildman–Crippen MR) is 169 cm³/mol. The Labute approximate surface area is 249 Å². The zero-order valence-corrected chi connectivity index (χ0v) is 26.2. The van der Waals surface area contributed by atoms with Gasteiger partial charge in [0.1, 0.15) is 23.1 Å². The van der Waals surface area contributed by atoms with Crippen LogP contribution < -0.4 is 15.1 Å². The van der Waals surface area contributed by atoms with Crippen LogP contribution in [0.5, 0.6) is 0 Å². The third-order valence-corrected chi connectivity index (χ3v) is 8.16. The minimum atomic E-state index is -0.503. The Morgan fingerprint density at radius 2 is 1.93 bits per heavy atom. The van der Waals surface area contributed by atoms with Gasteiger partial charge >= 0.3 is 6.09 Å². The monoisotopic (exact) mass is 574 g/mol. The summed E-state index contributed by atoms with van der Waals surface area (Å²) >= 11 is 0. The number of anilines is 4. The van der Waals surface area contributed by atoms with Crippen molar-refractivity contribution < 1.29 is 9.53 Å². The van der Waals surface area contributed by atoms with Gasteiger partial charge in [-0.1, -0.05) is 20.8 Å². The molecule has 0 bridgehead atoms. The van der Waals surface area contributed by atoms with Crippen LogP contribution in [0.3, 0.4) is 0 Å². The number of carbonyl (C=O) groups excluding carboxylic acids is 1. The second kappa shape index (κ2) is 12.3. The van der Waals surface area contributed by atoms with E-state index < -0.39 is 5.60 Å². The van der Waals surface area contributed by atoms with Gasteiger partial charge < -0.3 is 24.8 Å². The molecule has 0 saturated carbocycles. The van der Waals surface area contributed by atoms with Crippen LogP contribution >= 0.6 is 0 Å². The zero-order chi connectivity index (χ0) is 30.0. The molecule has 2 aliphatic heterocycles. The van der Waals surface area contributed by atoms with Gasteiger partial charge in [0, 0.05) is 63.2 Å². The van der Waals surface area contributed by atoms with E-state index in [4.69, 9.17) is 19.7 Å². The van der Waals surface area contributed by atoms with Crippen LogP contribution in [0.25, 0.3) is 10.8 Å². The first-order chi connectivity index (χ1) is 20.0. The van der Waals surface area contributed by atoms with E-state index in [1.807, 2.05) is 45.4 Å². The number of hydrogen-bond acceptors (Lipinski definition) is 9. The molecule has 226 valence electrons. The largest absolute Gasteiger partial charge is 0.444 e. The van der Waals surface area contributed by atoms with Crippen molar-refractivity contribution in [2.75, 3.05) is 48.3 Å².